The molecular weight excluding hydrogens is 381 g/mol. The van der Waals surface area contributed by atoms with Crippen LogP contribution >= 0.6 is 15.9 Å². The Balaban J connectivity index is 1.92. The number of hydrogen-bond acceptors (Lipinski definition) is 4. The monoisotopic (exact) mass is 395 g/mol. The summed E-state index contributed by atoms with van der Waals surface area (Å²) in [5, 5.41) is 6.78. The van der Waals surface area contributed by atoms with E-state index in [1.165, 1.54) is 10.9 Å². The molecule has 1 saturated carbocycles. The van der Waals surface area contributed by atoms with Gasteiger partial charge in [0.2, 0.25) is 5.91 Å². The lowest BCUT2D eigenvalue weighted by Crippen LogP contribution is -2.17. The minimum atomic E-state index is -1.11. The molecular formula is C16H15BrFN3O3. The highest BCUT2D eigenvalue weighted by Gasteiger charge is 2.44. The molecule has 1 aromatic carbocycles. The standard InChI is InChI=1S/C16H15BrFN3O3/c1-2-24-16(23)14-13(19-15(22)11-7-12(11)18)8-21(20-14)10-5-3-4-9(17)6-10/h3-6,8,11-12H,2,7H2,1H3,(H,19,22)/t11-,12+/m0/s1. The Hall–Kier alpha value is -2.22. The first-order valence-corrected chi connectivity index (χ1v) is 8.26. The van der Waals surface area contributed by atoms with Gasteiger partial charge in [0.1, 0.15) is 6.17 Å². The third-order valence-electron chi connectivity index (χ3n) is 3.56. The molecule has 1 heterocycles. The Morgan fingerprint density at radius 2 is 2.25 bits per heavy atom. The van der Waals surface area contributed by atoms with Crippen molar-refractivity contribution in [1.82, 2.24) is 9.78 Å². The average molecular weight is 396 g/mol. The number of carbonyl (C=O) groups is 2. The SMILES string of the molecule is CCOC(=O)c1nn(-c2cccc(Br)c2)cc1NC(=O)[C@H]1C[C@H]1F. The van der Waals surface area contributed by atoms with E-state index in [1.54, 1.807) is 13.0 Å². The van der Waals surface area contributed by atoms with Gasteiger partial charge in [-0.15, -0.1) is 0 Å². The van der Waals surface area contributed by atoms with Crippen LogP contribution in [0.15, 0.2) is 34.9 Å². The zero-order valence-corrected chi connectivity index (χ0v) is 14.4. The van der Waals surface area contributed by atoms with Crippen molar-refractivity contribution in [2.24, 2.45) is 5.92 Å². The fourth-order valence-corrected chi connectivity index (χ4v) is 2.61. The molecule has 0 radical (unpaired) electrons. The molecule has 0 aliphatic heterocycles. The van der Waals surface area contributed by atoms with Gasteiger partial charge in [-0.2, -0.15) is 5.10 Å². The van der Waals surface area contributed by atoms with E-state index in [9.17, 15) is 14.0 Å². The second-order valence-corrected chi connectivity index (χ2v) is 6.30. The van der Waals surface area contributed by atoms with Gasteiger partial charge in [0.25, 0.3) is 0 Å². The number of hydrogen-bond donors (Lipinski definition) is 1. The third-order valence-corrected chi connectivity index (χ3v) is 4.06. The summed E-state index contributed by atoms with van der Waals surface area (Å²) in [6, 6.07) is 7.29. The molecule has 0 bridgehead atoms. The van der Waals surface area contributed by atoms with E-state index < -0.39 is 24.0 Å². The Labute approximate surface area is 146 Å². The highest BCUT2D eigenvalue weighted by atomic mass is 79.9. The second-order valence-electron chi connectivity index (χ2n) is 5.38. The van der Waals surface area contributed by atoms with E-state index in [0.29, 0.717) is 5.69 Å². The van der Waals surface area contributed by atoms with Crippen LogP contribution in [0.3, 0.4) is 0 Å². The van der Waals surface area contributed by atoms with Gasteiger partial charge in [0, 0.05) is 4.47 Å². The van der Waals surface area contributed by atoms with Gasteiger partial charge in [-0.25, -0.2) is 13.9 Å². The smallest absolute Gasteiger partial charge is 0.361 e. The van der Waals surface area contributed by atoms with E-state index in [1.807, 2.05) is 18.2 Å². The molecule has 0 spiro atoms. The lowest BCUT2D eigenvalue weighted by Gasteiger charge is -2.03. The number of alkyl halides is 1. The Kier molecular flexibility index (Phi) is 4.66. The quantitative estimate of drug-likeness (QED) is 0.789. The molecule has 2 aromatic rings. The van der Waals surface area contributed by atoms with Crippen LogP contribution in [0.25, 0.3) is 5.69 Å². The number of benzene rings is 1. The summed E-state index contributed by atoms with van der Waals surface area (Å²) in [7, 11) is 0. The van der Waals surface area contributed by atoms with Crippen molar-refractivity contribution in [3.8, 4) is 5.69 Å². The molecule has 126 valence electrons. The van der Waals surface area contributed by atoms with Gasteiger partial charge in [-0.1, -0.05) is 22.0 Å². The molecule has 1 aliphatic carbocycles. The molecule has 0 saturated heterocycles. The zero-order valence-electron chi connectivity index (χ0n) is 12.8. The van der Waals surface area contributed by atoms with Crippen LogP contribution in [-0.2, 0) is 9.53 Å². The predicted octanol–water partition coefficient (Wildman–Crippen LogP) is 3.11. The summed E-state index contributed by atoms with van der Waals surface area (Å²) in [5.74, 6) is -1.76. The van der Waals surface area contributed by atoms with Crippen molar-refractivity contribution in [3.63, 3.8) is 0 Å². The molecule has 24 heavy (non-hydrogen) atoms. The van der Waals surface area contributed by atoms with Crippen molar-refractivity contribution in [3.05, 3.63) is 40.6 Å². The molecule has 1 amide bonds. The maximum atomic E-state index is 13.0. The molecule has 1 aliphatic rings. The summed E-state index contributed by atoms with van der Waals surface area (Å²) in [4.78, 5) is 24.0. The lowest BCUT2D eigenvalue weighted by atomic mass is 10.3. The van der Waals surface area contributed by atoms with E-state index >= 15 is 0 Å². The van der Waals surface area contributed by atoms with Crippen molar-refractivity contribution in [1.29, 1.82) is 0 Å². The number of anilines is 1. The average Bonchev–Trinajstić information content (AvgIpc) is 3.13. The predicted molar refractivity (Wildman–Crippen MR) is 88.9 cm³/mol. The number of rotatable bonds is 5. The summed E-state index contributed by atoms with van der Waals surface area (Å²) < 4.78 is 20.3. The summed E-state index contributed by atoms with van der Waals surface area (Å²) in [6.45, 7) is 1.87. The van der Waals surface area contributed by atoms with Crippen LogP contribution in [-0.4, -0.2) is 34.4 Å². The molecule has 8 heteroatoms. The summed E-state index contributed by atoms with van der Waals surface area (Å²) >= 11 is 3.37. The normalized spacial score (nSPS) is 19.0. The lowest BCUT2D eigenvalue weighted by molar-refractivity contribution is -0.117. The number of ether oxygens (including phenoxy) is 1. The largest absolute Gasteiger partial charge is 0.461 e. The van der Waals surface area contributed by atoms with E-state index in [4.69, 9.17) is 4.74 Å². The first-order chi connectivity index (χ1) is 11.5. The summed E-state index contributed by atoms with van der Waals surface area (Å²) in [5.41, 5.74) is 0.893. The van der Waals surface area contributed by atoms with Crippen LogP contribution in [0.5, 0.6) is 0 Å². The van der Waals surface area contributed by atoms with Gasteiger partial charge >= 0.3 is 5.97 Å². The van der Waals surface area contributed by atoms with Gasteiger partial charge in [-0.05, 0) is 31.5 Å². The van der Waals surface area contributed by atoms with Crippen LogP contribution in [0.2, 0.25) is 0 Å². The van der Waals surface area contributed by atoms with Crippen molar-refractivity contribution in [2.45, 2.75) is 19.5 Å². The zero-order chi connectivity index (χ0) is 17.3. The molecule has 3 rings (SSSR count). The molecule has 0 unspecified atom stereocenters. The number of halogens is 2. The highest BCUT2D eigenvalue weighted by Crippen LogP contribution is 2.35. The molecule has 1 aromatic heterocycles. The van der Waals surface area contributed by atoms with E-state index in [2.05, 4.69) is 26.3 Å². The van der Waals surface area contributed by atoms with Crippen molar-refractivity contribution < 1.29 is 18.7 Å². The number of amides is 1. The van der Waals surface area contributed by atoms with E-state index in [0.717, 1.165) is 4.47 Å². The molecule has 6 nitrogen and oxygen atoms in total. The fraction of sp³-hybridized carbons (Fsp3) is 0.312. The number of nitrogens with zero attached hydrogens (tertiary/aromatic N) is 2. The van der Waals surface area contributed by atoms with Crippen LogP contribution in [0, 0.1) is 5.92 Å². The first kappa shape index (κ1) is 16.6. The first-order valence-electron chi connectivity index (χ1n) is 7.47. The Morgan fingerprint density at radius 3 is 2.88 bits per heavy atom. The number of esters is 1. The number of carbonyl (C=O) groups excluding carboxylic acids is 2. The fourth-order valence-electron chi connectivity index (χ4n) is 2.23. The Bertz CT molecular complexity index is 793. The van der Waals surface area contributed by atoms with Crippen molar-refractivity contribution >= 4 is 33.5 Å². The minimum absolute atomic E-state index is 0.0127. The maximum absolute atomic E-state index is 13.0. The highest BCUT2D eigenvalue weighted by molar-refractivity contribution is 9.10. The second kappa shape index (κ2) is 6.72. The van der Waals surface area contributed by atoms with Crippen molar-refractivity contribution in [2.75, 3.05) is 11.9 Å². The van der Waals surface area contributed by atoms with Crippen LogP contribution in [0.1, 0.15) is 23.8 Å². The minimum Gasteiger partial charge on any atom is -0.461 e. The summed E-state index contributed by atoms with van der Waals surface area (Å²) in [6.07, 6.45) is 0.609. The van der Waals surface area contributed by atoms with Crippen LogP contribution < -0.4 is 5.32 Å². The topological polar surface area (TPSA) is 73.2 Å². The van der Waals surface area contributed by atoms with Crippen LogP contribution in [0.4, 0.5) is 10.1 Å². The number of aromatic nitrogens is 2. The van der Waals surface area contributed by atoms with Gasteiger partial charge < -0.3 is 10.1 Å². The Morgan fingerprint density at radius 1 is 1.50 bits per heavy atom. The third kappa shape index (κ3) is 3.48. The molecule has 1 fully saturated rings. The van der Waals surface area contributed by atoms with Gasteiger partial charge in [-0.3, -0.25) is 4.79 Å². The van der Waals surface area contributed by atoms with Gasteiger partial charge in [0.05, 0.1) is 30.1 Å². The maximum Gasteiger partial charge on any atom is 0.361 e. The molecule has 2 atom stereocenters. The molecule has 1 N–H and O–H groups in total. The number of nitrogens with one attached hydrogen (secondary N) is 1. The van der Waals surface area contributed by atoms with E-state index in [-0.39, 0.29) is 24.4 Å². The van der Waals surface area contributed by atoms with Gasteiger partial charge in [0.15, 0.2) is 5.69 Å².